The van der Waals surface area contributed by atoms with Crippen LogP contribution in [0.4, 0.5) is 0 Å². The molecule has 0 aromatic heterocycles. The number of rotatable bonds is 12. The number of hydrogen-bond donors (Lipinski definition) is 12. The molecule has 0 fully saturated rings. The zero-order valence-electron chi connectivity index (χ0n) is 21.2. The maximum Gasteiger partial charge on any atom is 2.00 e. The molecule has 22 heteroatoms. The summed E-state index contributed by atoms with van der Waals surface area (Å²) in [6, 6.07) is 0. The molecule has 0 aliphatic heterocycles. The van der Waals surface area contributed by atoms with Crippen molar-refractivity contribution in [2.24, 2.45) is 0 Å². The van der Waals surface area contributed by atoms with Gasteiger partial charge < -0.3 is 101 Å². The molecule has 0 rings (SSSR count). The fourth-order valence-corrected chi connectivity index (χ4v) is 1.32. The minimum atomic E-state index is -2.31. The van der Waals surface area contributed by atoms with Crippen molar-refractivity contribution in [3.8, 4) is 0 Å². The Balaban J connectivity index is -0.000000101. The van der Waals surface area contributed by atoms with Crippen molar-refractivity contribution >= 4 is 99.4 Å². The molecule has 228 valence electrons. The smallest absolute Gasteiger partial charge is 0.547 e. The molecule has 10 atom stereocenters. The molecule has 0 saturated carbocycles. The van der Waals surface area contributed by atoms with Crippen LogP contribution < -0.4 is 20.4 Å². The molecule has 6 unspecified atom stereocenters. The molecule has 0 saturated heterocycles. The quantitative estimate of drug-likeness (QED) is 0.0873. The molecular weight excluding hydrogens is 616 g/mol. The van der Waals surface area contributed by atoms with Crippen molar-refractivity contribution < 1.29 is 101 Å². The van der Waals surface area contributed by atoms with Gasteiger partial charge in [-0.3, -0.25) is 0 Å². The van der Waals surface area contributed by atoms with Crippen molar-refractivity contribution in [3.63, 3.8) is 0 Å². The van der Waals surface area contributed by atoms with Crippen LogP contribution in [0.1, 0.15) is 13.8 Å². The molecule has 40 heavy (non-hydrogen) atoms. The number of carboxylic acids is 4. The second kappa shape index (κ2) is 29.0. The van der Waals surface area contributed by atoms with Crippen molar-refractivity contribution in [3.05, 3.63) is 0 Å². The maximum absolute atomic E-state index is 9.98. The van der Waals surface area contributed by atoms with E-state index in [1.807, 2.05) is 0 Å². The number of carboxylic acid groups (broad SMARTS) is 4. The third kappa shape index (κ3) is 26.8. The van der Waals surface area contributed by atoms with E-state index in [-0.39, 0.29) is 75.5 Å². The third-order valence-electron chi connectivity index (χ3n) is 3.67. The molecule has 20 nitrogen and oxygen atoms in total. The Morgan fingerprint density at radius 3 is 0.750 bits per heavy atom. The second-order valence-corrected chi connectivity index (χ2v) is 6.98. The van der Waals surface area contributed by atoms with E-state index in [9.17, 15) is 39.6 Å². The van der Waals surface area contributed by atoms with Crippen molar-refractivity contribution in [2.75, 3.05) is 13.2 Å². The first-order valence-electron chi connectivity index (χ1n) is 9.97. The summed E-state index contributed by atoms with van der Waals surface area (Å²) >= 11 is 0. The second-order valence-electron chi connectivity index (χ2n) is 6.98. The molecule has 0 heterocycles. The van der Waals surface area contributed by atoms with E-state index < -0.39 is 98.1 Å². The Morgan fingerprint density at radius 1 is 0.475 bits per heavy atom. The van der Waals surface area contributed by atoms with E-state index in [4.69, 9.17) is 61.3 Å². The third-order valence-corrected chi connectivity index (χ3v) is 3.67. The van der Waals surface area contributed by atoms with Crippen LogP contribution in [0.15, 0.2) is 0 Å². The average Bonchev–Trinajstić information content (AvgIpc) is 2.85. The van der Waals surface area contributed by atoms with E-state index in [2.05, 4.69) is 0 Å². The predicted molar refractivity (Wildman–Crippen MR) is 117 cm³/mol. The fourth-order valence-electron chi connectivity index (χ4n) is 1.32. The summed E-state index contributed by atoms with van der Waals surface area (Å²) in [7, 11) is 0. The first-order chi connectivity index (χ1) is 17.1. The Labute approximate surface area is 286 Å². The van der Waals surface area contributed by atoms with Crippen molar-refractivity contribution in [1.82, 2.24) is 0 Å². The molecule has 0 aliphatic carbocycles. The van der Waals surface area contributed by atoms with E-state index >= 15 is 0 Å². The molecule has 0 radical (unpaired) electrons. The van der Waals surface area contributed by atoms with Gasteiger partial charge in [-0.1, -0.05) is 0 Å². The summed E-state index contributed by atoms with van der Waals surface area (Å²) in [6.45, 7) is 0.542. The summed E-state index contributed by atoms with van der Waals surface area (Å²) < 4.78 is 0. The number of hydrogen-bond acceptors (Lipinski definition) is 20. The zero-order valence-corrected chi connectivity index (χ0v) is 25.7. The predicted octanol–water partition coefficient (Wildman–Crippen LogP) is -14.2. The normalized spacial score (nSPS) is 17.4. The van der Waals surface area contributed by atoms with Gasteiger partial charge in [-0.15, -0.1) is 0 Å². The van der Waals surface area contributed by atoms with Gasteiger partial charge in [0.15, 0.2) is 0 Å². The van der Waals surface area contributed by atoms with Gasteiger partial charge in [0.1, 0.15) is 48.8 Å². The molecular formula is C18H32Ca2O20. The van der Waals surface area contributed by atoms with Crippen LogP contribution in [0, 0.1) is 0 Å². The van der Waals surface area contributed by atoms with E-state index in [0.29, 0.717) is 0 Å². The van der Waals surface area contributed by atoms with Gasteiger partial charge in [0, 0.05) is 0 Å². The molecule has 0 amide bonds. The average molecular weight is 649 g/mol. The largest absolute Gasteiger partial charge is 2.00 e. The minimum Gasteiger partial charge on any atom is -0.547 e. The number of carbonyl (C=O) groups is 4. The van der Waals surface area contributed by atoms with Crippen LogP contribution in [0.2, 0.25) is 0 Å². The van der Waals surface area contributed by atoms with E-state index in [0.717, 1.165) is 13.8 Å². The topological polar surface area (TPSA) is 403 Å². The van der Waals surface area contributed by atoms with Gasteiger partial charge in [-0.05, 0) is 13.8 Å². The van der Waals surface area contributed by atoms with Crippen LogP contribution in [0.5, 0.6) is 0 Å². The Morgan fingerprint density at radius 2 is 0.650 bits per heavy atom. The van der Waals surface area contributed by atoms with Crippen LogP contribution >= 0.6 is 0 Å². The Bertz CT molecular complexity index is 624. The van der Waals surface area contributed by atoms with E-state index in [1.54, 1.807) is 0 Å². The molecule has 12 N–H and O–H groups in total. The van der Waals surface area contributed by atoms with Crippen LogP contribution in [-0.4, -0.2) is 235 Å². The van der Waals surface area contributed by atoms with Gasteiger partial charge in [-0.25, -0.2) is 0 Å². The molecule has 0 spiro atoms. The zero-order chi connectivity index (χ0) is 31.5. The van der Waals surface area contributed by atoms with E-state index in [1.165, 1.54) is 0 Å². The summed E-state index contributed by atoms with van der Waals surface area (Å²) in [5.74, 6) is -6.82. The summed E-state index contributed by atoms with van der Waals surface area (Å²) in [5.41, 5.74) is 0. The van der Waals surface area contributed by atoms with Gasteiger partial charge in [0.2, 0.25) is 0 Å². The van der Waals surface area contributed by atoms with Gasteiger partial charge in [0.25, 0.3) is 0 Å². The van der Waals surface area contributed by atoms with Crippen molar-refractivity contribution in [2.45, 2.75) is 74.9 Å². The summed E-state index contributed by atoms with van der Waals surface area (Å²) in [4.78, 5) is 38.6. The Hall–Kier alpha value is -0.0805. The number of aliphatic hydroxyl groups is 12. The fraction of sp³-hybridized carbons (Fsp3) is 0.778. The first-order valence-corrected chi connectivity index (χ1v) is 9.97. The molecule has 0 aliphatic rings. The van der Waals surface area contributed by atoms with Crippen LogP contribution in [0.3, 0.4) is 0 Å². The summed E-state index contributed by atoms with van der Waals surface area (Å²) in [5, 5.41) is 141. The molecule has 0 aromatic carbocycles. The Kier molecular flexibility index (Phi) is 38.1. The minimum absolute atomic E-state index is 0. The SMILES string of the molecule is CC(O)C(=O)[O-].C[C@@H](O)C(=O)[O-].O=C([O-])C(O)C(O)C(O)C(O)CO.O=C([O-])C(O)[C@@H](O)[C@H](O)[C@H](O)CO.[Ca+2].[Ca+2]. The van der Waals surface area contributed by atoms with Gasteiger partial charge in [-0.2, -0.15) is 0 Å². The monoisotopic (exact) mass is 648 g/mol. The van der Waals surface area contributed by atoms with Gasteiger partial charge >= 0.3 is 75.5 Å². The van der Waals surface area contributed by atoms with Crippen molar-refractivity contribution in [1.29, 1.82) is 0 Å². The standard InChI is InChI=1S/2C6H12O7.2C3H6O3.2Ca/c2*7-1-2(8)3(9)4(10)5(11)6(12)13;2*1-2(4)3(5)6;;/h2*2-5,7-11H,1H2,(H,12,13);2*2,4H,1H3,(H,5,6);;/q;;;;2*+2/p-4/t2-,3-,4+,5?;;2-;;;/m1.1.../s1. The van der Waals surface area contributed by atoms with Crippen LogP contribution in [0.25, 0.3) is 0 Å². The maximum atomic E-state index is 9.98. The summed E-state index contributed by atoms with van der Waals surface area (Å²) in [6.07, 6.45) is -18.8. The van der Waals surface area contributed by atoms with Crippen LogP contribution in [-0.2, 0) is 19.2 Å². The first kappa shape index (κ1) is 52.6. The number of aliphatic carboxylic acids is 4. The number of aliphatic hydroxyl groups excluding tert-OH is 12. The number of carbonyl (C=O) groups excluding carboxylic acids is 4. The van der Waals surface area contributed by atoms with Gasteiger partial charge in [0.05, 0.1) is 49.3 Å². The molecule has 0 bridgehead atoms. The molecule has 0 aromatic rings.